The van der Waals surface area contributed by atoms with Gasteiger partial charge in [-0.15, -0.1) is 0 Å². The molecule has 0 fully saturated rings. The summed E-state index contributed by atoms with van der Waals surface area (Å²) in [6.45, 7) is 1.42. The van der Waals surface area contributed by atoms with Crippen LogP contribution in [0, 0.1) is 15.9 Å². The van der Waals surface area contributed by atoms with Crippen LogP contribution in [0.15, 0.2) is 18.2 Å². The van der Waals surface area contributed by atoms with Crippen molar-refractivity contribution in [1.82, 2.24) is 0 Å². The minimum absolute atomic E-state index is 0.0194. The van der Waals surface area contributed by atoms with Crippen molar-refractivity contribution in [2.24, 2.45) is 0 Å². The summed E-state index contributed by atoms with van der Waals surface area (Å²) in [5.74, 6) is -1.63. The summed E-state index contributed by atoms with van der Waals surface area (Å²) in [6.07, 6.45) is -0.916. The van der Waals surface area contributed by atoms with E-state index in [9.17, 15) is 19.3 Å². The number of hydrogen-bond acceptors (Lipinski definition) is 5. The van der Waals surface area contributed by atoms with Gasteiger partial charge < -0.3 is 9.47 Å². The SMILES string of the molecule is COC(=O)[C@H](C)Oc1ccc([N+](=O)[O-])c(F)c1. The minimum Gasteiger partial charge on any atom is -0.479 e. The second-order valence-electron chi connectivity index (χ2n) is 3.15. The van der Waals surface area contributed by atoms with Crippen LogP contribution in [0.4, 0.5) is 10.1 Å². The molecule has 0 N–H and O–H groups in total. The normalized spacial score (nSPS) is 11.7. The van der Waals surface area contributed by atoms with Gasteiger partial charge in [-0.25, -0.2) is 4.79 Å². The number of carbonyl (C=O) groups excluding carboxylic acids is 1. The van der Waals surface area contributed by atoms with Crippen LogP contribution in [0.3, 0.4) is 0 Å². The van der Waals surface area contributed by atoms with E-state index in [1.165, 1.54) is 20.1 Å². The molecule has 1 atom stereocenters. The van der Waals surface area contributed by atoms with Crippen molar-refractivity contribution in [2.75, 3.05) is 7.11 Å². The van der Waals surface area contributed by atoms with Crippen LogP contribution in [0.2, 0.25) is 0 Å². The molecule has 0 aliphatic rings. The second-order valence-corrected chi connectivity index (χ2v) is 3.15. The predicted molar refractivity (Wildman–Crippen MR) is 55.2 cm³/mol. The number of nitro groups is 1. The molecule has 0 unspecified atom stereocenters. The highest BCUT2D eigenvalue weighted by atomic mass is 19.1. The molecule has 0 radical (unpaired) electrons. The third-order valence-electron chi connectivity index (χ3n) is 1.96. The van der Waals surface area contributed by atoms with Crippen molar-refractivity contribution in [3.63, 3.8) is 0 Å². The lowest BCUT2D eigenvalue weighted by molar-refractivity contribution is -0.387. The molecule has 1 aromatic carbocycles. The van der Waals surface area contributed by atoms with Gasteiger partial charge in [-0.3, -0.25) is 10.1 Å². The standard InChI is InChI=1S/C10H10FNO5/c1-6(10(13)16-2)17-7-3-4-9(12(14)15)8(11)5-7/h3-6H,1-2H3/t6-/m0/s1. The first kappa shape index (κ1) is 12.9. The van der Waals surface area contributed by atoms with E-state index in [2.05, 4.69) is 4.74 Å². The molecule has 0 saturated heterocycles. The number of esters is 1. The van der Waals surface area contributed by atoms with E-state index in [4.69, 9.17) is 4.74 Å². The lowest BCUT2D eigenvalue weighted by Gasteiger charge is -2.12. The number of benzene rings is 1. The number of nitrogens with zero attached hydrogens (tertiary/aromatic N) is 1. The number of carbonyl (C=O) groups is 1. The Morgan fingerprint density at radius 1 is 1.53 bits per heavy atom. The zero-order chi connectivity index (χ0) is 13.0. The van der Waals surface area contributed by atoms with Crippen LogP contribution < -0.4 is 4.74 Å². The van der Waals surface area contributed by atoms with Crippen LogP contribution >= 0.6 is 0 Å². The van der Waals surface area contributed by atoms with E-state index in [0.29, 0.717) is 0 Å². The van der Waals surface area contributed by atoms with Crippen LogP contribution in [-0.2, 0) is 9.53 Å². The van der Waals surface area contributed by atoms with Crippen LogP contribution in [-0.4, -0.2) is 24.1 Å². The highest BCUT2D eigenvalue weighted by Gasteiger charge is 2.18. The molecule has 0 bridgehead atoms. The van der Waals surface area contributed by atoms with E-state index < -0.39 is 28.5 Å². The molecule has 0 heterocycles. The van der Waals surface area contributed by atoms with Crippen LogP contribution in [0.5, 0.6) is 5.75 Å². The van der Waals surface area contributed by atoms with Crippen molar-refractivity contribution < 1.29 is 23.6 Å². The van der Waals surface area contributed by atoms with E-state index in [1.807, 2.05) is 0 Å². The zero-order valence-corrected chi connectivity index (χ0v) is 9.18. The molecule has 92 valence electrons. The Hall–Kier alpha value is -2.18. The van der Waals surface area contributed by atoms with Gasteiger partial charge in [-0.05, 0) is 13.0 Å². The summed E-state index contributed by atoms with van der Waals surface area (Å²) < 4.78 is 22.7. The maximum atomic E-state index is 13.2. The maximum absolute atomic E-state index is 13.2. The predicted octanol–water partition coefficient (Wildman–Crippen LogP) is 1.67. The maximum Gasteiger partial charge on any atom is 0.346 e. The number of methoxy groups -OCH3 is 1. The molecule has 1 aromatic rings. The number of halogens is 1. The van der Waals surface area contributed by atoms with E-state index in [1.54, 1.807) is 0 Å². The zero-order valence-electron chi connectivity index (χ0n) is 9.18. The molecule has 7 heteroatoms. The lowest BCUT2D eigenvalue weighted by Crippen LogP contribution is -2.24. The van der Waals surface area contributed by atoms with Gasteiger partial charge in [0.25, 0.3) is 0 Å². The number of nitro benzene ring substituents is 1. The van der Waals surface area contributed by atoms with Crippen molar-refractivity contribution in [3.8, 4) is 5.75 Å². The van der Waals surface area contributed by atoms with Crippen LogP contribution in [0.1, 0.15) is 6.92 Å². The van der Waals surface area contributed by atoms with Gasteiger partial charge in [0.1, 0.15) is 5.75 Å². The first-order valence-electron chi connectivity index (χ1n) is 4.64. The summed E-state index contributed by atoms with van der Waals surface area (Å²) in [5, 5.41) is 10.4. The number of ether oxygens (including phenoxy) is 2. The molecular weight excluding hydrogens is 233 g/mol. The molecule has 17 heavy (non-hydrogen) atoms. The Morgan fingerprint density at radius 2 is 2.18 bits per heavy atom. The molecule has 0 amide bonds. The fraction of sp³-hybridized carbons (Fsp3) is 0.300. The Kier molecular flexibility index (Phi) is 3.97. The topological polar surface area (TPSA) is 78.7 Å². The summed E-state index contributed by atoms with van der Waals surface area (Å²) in [4.78, 5) is 20.5. The van der Waals surface area contributed by atoms with E-state index >= 15 is 0 Å². The van der Waals surface area contributed by atoms with Gasteiger partial charge in [0.05, 0.1) is 12.0 Å². The first-order chi connectivity index (χ1) is 7.95. The molecule has 0 aromatic heterocycles. The van der Waals surface area contributed by atoms with Gasteiger partial charge in [0, 0.05) is 12.1 Å². The fourth-order valence-electron chi connectivity index (χ4n) is 1.13. The highest BCUT2D eigenvalue weighted by Crippen LogP contribution is 2.23. The number of rotatable bonds is 4. The lowest BCUT2D eigenvalue weighted by atomic mass is 10.3. The number of hydrogen-bond donors (Lipinski definition) is 0. The third kappa shape index (κ3) is 3.13. The average Bonchev–Trinajstić information content (AvgIpc) is 2.27. The third-order valence-corrected chi connectivity index (χ3v) is 1.96. The smallest absolute Gasteiger partial charge is 0.346 e. The molecule has 0 aliphatic carbocycles. The minimum atomic E-state index is -1.02. The summed E-state index contributed by atoms with van der Waals surface area (Å²) in [7, 11) is 1.19. The van der Waals surface area contributed by atoms with Crippen LogP contribution in [0.25, 0.3) is 0 Å². The van der Waals surface area contributed by atoms with Gasteiger partial charge in [-0.2, -0.15) is 4.39 Å². The Morgan fingerprint density at radius 3 is 2.65 bits per heavy atom. The average molecular weight is 243 g/mol. The first-order valence-corrected chi connectivity index (χ1v) is 4.64. The Bertz CT molecular complexity index is 448. The quantitative estimate of drug-likeness (QED) is 0.456. The molecule has 6 nitrogen and oxygen atoms in total. The molecular formula is C10H10FNO5. The summed E-state index contributed by atoms with van der Waals surface area (Å²) in [5.41, 5.74) is -0.650. The summed E-state index contributed by atoms with van der Waals surface area (Å²) in [6, 6.07) is 3.02. The van der Waals surface area contributed by atoms with Crippen molar-refractivity contribution in [3.05, 3.63) is 34.1 Å². The molecule has 1 rings (SSSR count). The Balaban J connectivity index is 2.84. The van der Waals surface area contributed by atoms with E-state index in [-0.39, 0.29) is 5.75 Å². The molecule has 0 aliphatic heterocycles. The van der Waals surface area contributed by atoms with Crippen molar-refractivity contribution in [1.29, 1.82) is 0 Å². The van der Waals surface area contributed by atoms with Gasteiger partial charge >= 0.3 is 11.7 Å². The fourth-order valence-corrected chi connectivity index (χ4v) is 1.13. The summed E-state index contributed by atoms with van der Waals surface area (Å²) >= 11 is 0. The van der Waals surface area contributed by atoms with Crippen molar-refractivity contribution >= 4 is 11.7 Å². The van der Waals surface area contributed by atoms with Gasteiger partial charge in [-0.1, -0.05) is 0 Å². The highest BCUT2D eigenvalue weighted by molar-refractivity contribution is 5.74. The monoisotopic (exact) mass is 243 g/mol. The molecule has 0 spiro atoms. The van der Waals surface area contributed by atoms with Gasteiger partial charge in [0.15, 0.2) is 6.10 Å². The Labute approximate surface area is 96.1 Å². The van der Waals surface area contributed by atoms with E-state index in [0.717, 1.165) is 12.1 Å². The van der Waals surface area contributed by atoms with Crippen molar-refractivity contribution in [2.45, 2.75) is 13.0 Å². The molecule has 0 saturated carbocycles. The largest absolute Gasteiger partial charge is 0.479 e. The second kappa shape index (κ2) is 5.24. The van der Waals surface area contributed by atoms with Gasteiger partial charge in [0.2, 0.25) is 5.82 Å².